The molecule has 7 nitrogen and oxygen atoms in total. The van der Waals surface area contributed by atoms with Crippen molar-refractivity contribution in [1.29, 1.82) is 0 Å². The van der Waals surface area contributed by atoms with Gasteiger partial charge in [0.05, 0.1) is 41.5 Å². The summed E-state index contributed by atoms with van der Waals surface area (Å²) in [4.78, 5) is 30.5. The van der Waals surface area contributed by atoms with Gasteiger partial charge in [0.1, 0.15) is 11.6 Å². The first-order chi connectivity index (χ1) is 18.2. The lowest BCUT2D eigenvalue weighted by atomic mass is 9.98. The van der Waals surface area contributed by atoms with Gasteiger partial charge in [0.2, 0.25) is 0 Å². The van der Waals surface area contributed by atoms with Gasteiger partial charge in [-0.05, 0) is 52.6 Å². The van der Waals surface area contributed by atoms with Crippen LogP contribution in [0.15, 0.2) is 91.4 Å². The van der Waals surface area contributed by atoms with Gasteiger partial charge in [-0.25, -0.2) is 4.98 Å². The Labute approximate surface area is 212 Å². The molecule has 1 amide bonds. The van der Waals surface area contributed by atoms with E-state index in [9.17, 15) is 4.79 Å². The SMILES string of the molecule is COc1ccc2nccc(C(=O)NC3c4ccccc4-c4c(-c5nc6ccncc6[nH]5)cccc43)c2c1. The van der Waals surface area contributed by atoms with E-state index in [4.69, 9.17) is 9.72 Å². The second-order valence-electron chi connectivity index (χ2n) is 8.98. The lowest BCUT2D eigenvalue weighted by Crippen LogP contribution is -2.28. The number of aromatic nitrogens is 4. The molecule has 1 atom stereocenters. The third-order valence-electron chi connectivity index (χ3n) is 6.96. The Hall–Kier alpha value is -5.04. The second kappa shape index (κ2) is 8.27. The number of rotatable bonds is 4. The minimum Gasteiger partial charge on any atom is -0.497 e. The van der Waals surface area contributed by atoms with E-state index in [2.05, 4.69) is 44.5 Å². The molecule has 1 aliphatic carbocycles. The number of pyridine rings is 2. The number of ether oxygens (including phenoxy) is 1. The molecule has 7 rings (SSSR count). The molecule has 1 unspecified atom stereocenters. The Balaban J connectivity index is 1.34. The summed E-state index contributed by atoms with van der Waals surface area (Å²) >= 11 is 0. The Bertz CT molecular complexity index is 1810. The summed E-state index contributed by atoms with van der Waals surface area (Å²) in [5.74, 6) is 1.28. The number of fused-ring (bicyclic) bond motifs is 5. The van der Waals surface area contributed by atoms with E-state index in [0.29, 0.717) is 11.3 Å². The number of imidazole rings is 1. The van der Waals surface area contributed by atoms with E-state index in [-0.39, 0.29) is 11.9 Å². The third-order valence-corrected chi connectivity index (χ3v) is 6.96. The lowest BCUT2D eigenvalue weighted by molar-refractivity contribution is 0.0945. The largest absolute Gasteiger partial charge is 0.497 e. The number of amides is 1. The maximum atomic E-state index is 13.7. The highest BCUT2D eigenvalue weighted by atomic mass is 16.5. The molecule has 0 spiro atoms. The maximum Gasteiger partial charge on any atom is 0.252 e. The summed E-state index contributed by atoms with van der Waals surface area (Å²) in [6.07, 6.45) is 5.18. The molecule has 0 bridgehead atoms. The van der Waals surface area contributed by atoms with Crippen LogP contribution in [-0.2, 0) is 0 Å². The number of hydrogen-bond acceptors (Lipinski definition) is 5. The molecule has 178 valence electrons. The van der Waals surface area contributed by atoms with Crippen molar-refractivity contribution < 1.29 is 9.53 Å². The van der Waals surface area contributed by atoms with Crippen LogP contribution in [0.25, 0.3) is 44.5 Å². The van der Waals surface area contributed by atoms with Crippen LogP contribution >= 0.6 is 0 Å². The Morgan fingerprint density at radius 3 is 2.68 bits per heavy atom. The fourth-order valence-electron chi connectivity index (χ4n) is 5.25. The number of nitrogens with one attached hydrogen (secondary N) is 2. The zero-order chi connectivity index (χ0) is 24.9. The molecule has 2 N–H and O–H groups in total. The predicted octanol–water partition coefficient (Wildman–Crippen LogP) is 5.68. The van der Waals surface area contributed by atoms with Gasteiger partial charge in [-0.2, -0.15) is 0 Å². The van der Waals surface area contributed by atoms with Gasteiger partial charge >= 0.3 is 0 Å². The van der Waals surface area contributed by atoms with E-state index in [0.717, 1.165) is 55.6 Å². The van der Waals surface area contributed by atoms with Crippen molar-refractivity contribution in [2.75, 3.05) is 7.11 Å². The average molecular weight is 484 g/mol. The average Bonchev–Trinajstić information content (AvgIpc) is 3.52. The molecule has 0 radical (unpaired) electrons. The Morgan fingerprint density at radius 2 is 1.78 bits per heavy atom. The van der Waals surface area contributed by atoms with Crippen LogP contribution in [0.2, 0.25) is 0 Å². The minimum absolute atomic E-state index is 0.173. The normalized spacial score (nSPS) is 13.9. The topological polar surface area (TPSA) is 92.8 Å². The molecule has 6 aromatic rings. The highest BCUT2D eigenvalue weighted by Crippen LogP contribution is 2.47. The maximum absolute atomic E-state index is 13.7. The first-order valence-electron chi connectivity index (χ1n) is 12.0. The monoisotopic (exact) mass is 483 g/mol. The van der Waals surface area contributed by atoms with Crippen molar-refractivity contribution in [2.45, 2.75) is 6.04 Å². The highest BCUT2D eigenvalue weighted by molar-refractivity contribution is 6.07. The van der Waals surface area contributed by atoms with E-state index >= 15 is 0 Å². The van der Waals surface area contributed by atoms with Gasteiger partial charge in [0.25, 0.3) is 5.91 Å². The van der Waals surface area contributed by atoms with Crippen LogP contribution in [0.3, 0.4) is 0 Å². The van der Waals surface area contributed by atoms with Crippen molar-refractivity contribution in [3.63, 3.8) is 0 Å². The summed E-state index contributed by atoms with van der Waals surface area (Å²) in [6.45, 7) is 0. The molecule has 0 saturated heterocycles. The molecule has 3 aromatic heterocycles. The number of methoxy groups -OCH3 is 1. The van der Waals surface area contributed by atoms with Crippen molar-refractivity contribution in [2.24, 2.45) is 0 Å². The minimum atomic E-state index is -0.307. The lowest BCUT2D eigenvalue weighted by Gasteiger charge is -2.17. The fourth-order valence-corrected chi connectivity index (χ4v) is 5.25. The highest BCUT2D eigenvalue weighted by Gasteiger charge is 2.32. The van der Waals surface area contributed by atoms with Crippen LogP contribution in [0, 0.1) is 0 Å². The molecule has 0 fully saturated rings. The Morgan fingerprint density at radius 1 is 0.919 bits per heavy atom. The van der Waals surface area contributed by atoms with E-state index in [1.54, 1.807) is 31.8 Å². The summed E-state index contributed by atoms with van der Waals surface area (Å²) in [6, 6.07) is 23.2. The van der Waals surface area contributed by atoms with Gasteiger partial charge in [-0.1, -0.05) is 42.5 Å². The van der Waals surface area contributed by atoms with Gasteiger partial charge in [0.15, 0.2) is 0 Å². The van der Waals surface area contributed by atoms with Gasteiger partial charge < -0.3 is 15.0 Å². The van der Waals surface area contributed by atoms with E-state index in [1.165, 1.54) is 0 Å². The van der Waals surface area contributed by atoms with E-state index in [1.807, 2.05) is 42.5 Å². The molecule has 37 heavy (non-hydrogen) atoms. The van der Waals surface area contributed by atoms with Gasteiger partial charge in [-0.3, -0.25) is 14.8 Å². The smallest absolute Gasteiger partial charge is 0.252 e. The van der Waals surface area contributed by atoms with Crippen molar-refractivity contribution in [3.8, 4) is 28.3 Å². The summed E-state index contributed by atoms with van der Waals surface area (Å²) in [7, 11) is 1.61. The molecule has 3 heterocycles. The van der Waals surface area contributed by atoms with Gasteiger partial charge in [0, 0.05) is 23.3 Å². The standard InChI is InChI=1S/C30H21N5O2/c1-37-17-9-10-24-23(15-17)20(11-14-32-24)30(36)35-28-19-6-3-2-5-18(19)27-21(28)7-4-8-22(27)29-33-25-12-13-31-16-26(25)34-29/h2-16,28H,1H3,(H,33,34)(H,35,36). The summed E-state index contributed by atoms with van der Waals surface area (Å²) in [5.41, 5.74) is 8.24. The number of nitrogens with zero attached hydrogens (tertiary/aromatic N) is 3. The second-order valence-corrected chi connectivity index (χ2v) is 8.98. The molecule has 3 aromatic carbocycles. The van der Waals surface area contributed by atoms with Crippen LogP contribution in [0.1, 0.15) is 27.5 Å². The Kier molecular flexibility index (Phi) is 4.75. The molecule has 7 heteroatoms. The quantitative estimate of drug-likeness (QED) is 0.336. The molecule has 1 aliphatic rings. The van der Waals surface area contributed by atoms with Crippen LogP contribution in [0.5, 0.6) is 5.75 Å². The van der Waals surface area contributed by atoms with Crippen molar-refractivity contribution >= 4 is 27.8 Å². The molecule has 0 aliphatic heterocycles. The number of aromatic amines is 1. The van der Waals surface area contributed by atoms with E-state index < -0.39 is 0 Å². The number of carbonyl (C=O) groups excluding carboxylic acids is 1. The summed E-state index contributed by atoms with van der Waals surface area (Å²) < 4.78 is 5.39. The molecular weight excluding hydrogens is 462 g/mol. The number of carbonyl (C=O) groups is 1. The number of H-pyrrole nitrogens is 1. The molecular formula is C30H21N5O2. The zero-order valence-electron chi connectivity index (χ0n) is 19.9. The van der Waals surface area contributed by atoms with Crippen LogP contribution in [-0.4, -0.2) is 33.0 Å². The zero-order valence-corrected chi connectivity index (χ0v) is 19.9. The fraction of sp³-hybridized carbons (Fsp3) is 0.0667. The number of benzene rings is 3. The number of hydrogen-bond donors (Lipinski definition) is 2. The first kappa shape index (κ1) is 21.3. The van der Waals surface area contributed by atoms with Crippen LogP contribution < -0.4 is 10.1 Å². The van der Waals surface area contributed by atoms with Crippen molar-refractivity contribution in [3.05, 3.63) is 108 Å². The first-order valence-corrected chi connectivity index (χ1v) is 12.0. The predicted molar refractivity (Wildman–Crippen MR) is 142 cm³/mol. The molecule has 0 saturated carbocycles. The summed E-state index contributed by atoms with van der Waals surface area (Å²) in [5, 5.41) is 4.04. The van der Waals surface area contributed by atoms with Crippen molar-refractivity contribution in [1.82, 2.24) is 25.3 Å². The van der Waals surface area contributed by atoms with Crippen LogP contribution in [0.4, 0.5) is 0 Å². The third kappa shape index (κ3) is 3.36. The van der Waals surface area contributed by atoms with Gasteiger partial charge in [-0.15, -0.1) is 0 Å².